The summed E-state index contributed by atoms with van der Waals surface area (Å²) in [5, 5.41) is 3.24. The number of esters is 1. The van der Waals surface area contributed by atoms with Crippen LogP contribution >= 0.6 is 0 Å². The molecule has 2 unspecified atom stereocenters. The molecule has 4 nitrogen and oxygen atoms in total. The van der Waals surface area contributed by atoms with Gasteiger partial charge in [-0.1, -0.05) is 30.3 Å². The van der Waals surface area contributed by atoms with Gasteiger partial charge in [0, 0.05) is 18.8 Å². The number of benzene rings is 1. The van der Waals surface area contributed by atoms with Crippen molar-refractivity contribution in [2.24, 2.45) is 11.8 Å². The Morgan fingerprint density at radius 2 is 1.77 bits per heavy atom. The number of nitrogens with one attached hydrogen (secondary N) is 1. The lowest BCUT2D eigenvalue weighted by Gasteiger charge is -2.31. The molecular formula is C18H21NO3. The molecule has 1 spiro atoms. The molecule has 2 atom stereocenters. The zero-order valence-electron chi connectivity index (χ0n) is 12.6. The minimum atomic E-state index is -0.852. The van der Waals surface area contributed by atoms with E-state index in [1.54, 1.807) is 0 Å². The normalized spacial score (nSPS) is 28.6. The predicted octanol–water partition coefficient (Wildman–Crippen LogP) is 2.04. The second-order valence-corrected chi connectivity index (χ2v) is 6.78. The first-order valence-electron chi connectivity index (χ1n) is 8.24. The third kappa shape index (κ3) is 2.17. The van der Waals surface area contributed by atoms with E-state index < -0.39 is 11.5 Å². The molecule has 1 aliphatic carbocycles. The molecule has 2 aliphatic heterocycles. The Balaban J connectivity index is 1.68. The van der Waals surface area contributed by atoms with Crippen LogP contribution in [0.1, 0.15) is 37.2 Å². The van der Waals surface area contributed by atoms with Gasteiger partial charge in [-0.2, -0.15) is 0 Å². The molecule has 0 bridgehead atoms. The monoisotopic (exact) mass is 299 g/mol. The van der Waals surface area contributed by atoms with Crippen LogP contribution < -0.4 is 5.32 Å². The van der Waals surface area contributed by atoms with E-state index in [1.165, 1.54) is 0 Å². The molecule has 4 rings (SSSR count). The maximum Gasteiger partial charge on any atom is 0.318 e. The molecular weight excluding hydrogens is 278 g/mol. The van der Waals surface area contributed by atoms with Crippen molar-refractivity contribution in [1.82, 2.24) is 5.32 Å². The summed E-state index contributed by atoms with van der Waals surface area (Å²) in [6.45, 7) is 1.48. The molecule has 1 saturated carbocycles. The summed E-state index contributed by atoms with van der Waals surface area (Å²) in [4.78, 5) is 25.6. The number of carbonyl (C=O) groups is 2. The van der Waals surface area contributed by atoms with Gasteiger partial charge in [-0.25, -0.2) is 0 Å². The summed E-state index contributed by atoms with van der Waals surface area (Å²) < 4.78 is 5.67. The van der Waals surface area contributed by atoms with Gasteiger partial charge in [0.15, 0.2) is 11.4 Å². The lowest BCUT2D eigenvalue weighted by atomic mass is 9.75. The summed E-state index contributed by atoms with van der Waals surface area (Å²) in [5.41, 5.74) is 0.251. The zero-order chi connectivity index (χ0) is 15.2. The second kappa shape index (κ2) is 5.20. The molecule has 1 aromatic carbocycles. The number of piperidine rings is 1. The number of Topliss-reactive ketones (excluding diaryl/α,β-unsaturated/α-hetero) is 1. The highest BCUT2D eigenvalue weighted by molar-refractivity contribution is 6.10. The van der Waals surface area contributed by atoms with Crippen molar-refractivity contribution in [2.75, 3.05) is 13.1 Å². The van der Waals surface area contributed by atoms with Crippen LogP contribution in [-0.4, -0.2) is 30.4 Å². The Bertz CT molecular complexity index is 588. The number of rotatable bonds is 3. The van der Waals surface area contributed by atoms with Gasteiger partial charge in [-0.05, 0) is 37.4 Å². The minimum Gasteiger partial charge on any atom is -0.450 e. The maximum absolute atomic E-state index is 13.1. The quantitative estimate of drug-likeness (QED) is 0.685. The van der Waals surface area contributed by atoms with Crippen LogP contribution in [0.4, 0.5) is 0 Å². The molecule has 1 aromatic rings. The van der Waals surface area contributed by atoms with E-state index in [-0.39, 0.29) is 17.7 Å². The summed E-state index contributed by atoms with van der Waals surface area (Å²) in [6.07, 6.45) is 3.43. The standard InChI is InChI=1S/C18H21NO3/c20-16-15(17(21)22-18(16)8-10-19-11-9-18)14(13-6-7-13)12-4-2-1-3-5-12/h1-5,13-15,19H,6-11H2. The topological polar surface area (TPSA) is 55.4 Å². The third-order valence-electron chi connectivity index (χ3n) is 5.37. The highest BCUT2D eigenvalue weighted by atomic mass is 16.6. The average molecular weight is 299 g/mol. The Morgan fingerprint density at radius 3 is 2.41 bits per heavy atom. The van der Waals surface area contributed by atoms with Crippen molar-refractivity contribution in [3.63, 3.8) is 0 Å². The molecule has 116 valence electrons. The molecule has 2 saturated heterocycles. The van der Waals surface area contributed by atoms with E-state index in [2.05, 4.69) is 5.32 Å². The first kappa shape index (κ1) is 13.9. The number of ketones is 1. The predicted molar refractivity (Wildman–Crippen MR) is 81.3 cm³/mol. The fourth-order valence-corrected chi connectivity index (χ4v) is 4.05. The van der Waals surface area contributed by atoms with Crippen molar-refractivity contribution in [1.29, 1.82) is 0 Å². The van der Waals surface area contributed by atoms with Crippen molar-refractivity contribution in [2.45, 2.75) is 37.2 Å². The van der Waals surface area contributed by atoms with E-state index in [0.717, 1.165) is 31.5 Å². The van der Waals surface area contributed by atoms with E-state index in [9.17, 15) is 9.59 Å². The van der Waals surface area contributed by atoms with E-state index in [0.29, 0.717) is 18.8 Å². The van der Waals surface area contributed by atoms with Gasteiger partial charge < -0.3 is 10.1 Å². The van der Waals surface area contributed by atoms with Crippen molar-refractivity contribution < 1.29 is 14.3 Å². The fourth-order valence-electron chi connectivity index (χ4n) is 4.05. The Morgan fingerprint density at radius 1 is 1.09 bits per heavy atom. The summed E-state index contributed by atoms with van der Waals surface area (Å²) in [7, 11) is 0. The number of hydrogen-bond acceptors (Lipinski definition) is 4. The smallest absolute Gasteiger partial charge is 0.318 e. The highest BCUT2D eigenvalue weighted by Gasteiger charge is 2.59. The average Bonchev–Trinajstić information content (AvgIpc) is 3.34. The fraction of sp³-hybridized carbons (Fsp3) is 0.556. The highest BCUT2D eigenvalue weighted by Crippen LogP contribution is 2.51. The van der Waals surface area contributed by atoms with Gasteiger partial charge in [-0.3, -0.25) is 9.59 Å². The Hall–Kier alpha value is -1.68. The van der Waals surface area contributed by atoms with Crippen LogP contribution in [0.25, 0.3) is 0 Å². The molecule has 1 N–H and O–H groups in total. The number of carbonyl (C=O) groups excluding carboxylic acids is 2. The van der Waals surface area contributed by atoms with Crippen LogP contribution in [-0.2, 0) is 14.3 Å². The molecule has 2 heterocycles. The first-order chi connectivity index (χ1) is 10.7. The second-order valence-electron chi connectivity index (χ2n) is 6.78. The largest absolute Gasteiger partial charge is 0.450 e. The van der Waals surface area contributed by atoms with Crippen molar-refractivity contribution in [3.8, 4) is 0 Å². The van der Waals surface area contributed by atoms with Crippen LogP contribution in [0.2, 0.25) is 0 Å². The van der Waals surface area contributed by atoms with Gasteiger partial charge in [0.25, 0.3) is 0 Å². The third-order valence-corrected chi connectivity index (χ3v) is 5.37. The van der Waals surface area contributed by atoms with Crippen molar-refractivity contribution >= 4 is 11.8 Å². The summed E-state index contributed by atoms with van der Waals surface area (Å²) >= 11 is 0. The van der Waals surface area contributed by atoms with Crippen molar-refractivity contribution in [3.05, 3.63) is 35.9 Å². The van der Waals surface area contributed by atoms with E-state index >= 15 is 0 Å². The van der Waals surface area contributed by atoms with E-state index in [1.807, 2.05) is 30.3 Å². The van der Waals surface area contributed by atoms with Crippen LogP contribution in [0, 0.1) is 11.8 Å². The SMILES string of the molecule is O=C1OC2(CCNCC2)C(=O)C1C(c1ccccc1)C1CC1. The zero-order valence-corrected chi connectivity index (χ0v) is 12.6. The summed E-state index contributed by atoms with van der Waals surface area (Å²) in [5.74, 6) is -0.434. The van der Waals surface area contributed by atoms with Gasteiger partial charge in [0.05, 0.1) is 0 Å². The van der Waals surface area contributed by atoms with Gasteiger partial charge >= 0.3 is 5.97 Å². The van der Waals surface area contributed by atoms with Gasteiger partial charge in [-0.15, -0.1) is 0 Å². The van der Waals surface area contributed by atoms with Gasteiger partial charge in [0.2, 0.25) is 0 Å². The van der Waals surface area contributed by atoms with Crippen LogP contribution in [0.15, 0.2) is 30.3 Å². The molecule has 0 amide bonds. The van der Waals surface area contributed by atoms with Gasteiger partial charge in [0.1, 0.15) is 5.92 Å². The molecule has 0 radical (unpaired) electrons. The van der Waals surface area contributed by atoms with Crippen LogP contribution in [0.5, 0.6) is 0 Å². The molecule has 0 aromatic heterocycles. The molecule has 3 fully saturated rings. The molecule has 3 aliphatic rings. The summed E-state index contributed by atoms with van der Waals surface area (Å²) in [6, 6.07) is 10.0. The lowest BCUT2D eigenvalue weighted by Crippen LogP contribution is -2.47. The lowest BCUT2D eigenvalue weighted by molar-refractivity contribution is -0.155. The minimum absolute atomic E-state index is 0.00420. The maximum atomic E-state index is 13.1. The van der Waals surface area contributed by atoms with Crippen LogP contribution in [0.3, 0.4) is 0 Å². The first-order valence-corrected chi connectivity index (χ1v) is 8.24. The number of hydrogen-bond donors (Lipinski definition) is 1. The molecule has 22 heavy (non-hydrogen) atoms. The number of ether oxygens (including phenoxy) is 1. The Kier molecular flexibility index (Phi) is 3.30. The van der Waals surface area contributed by atoms with E-state index in [4.69, 9.17) is 4.74 Å². The molecule has 4 heteroatoms. The Labute approximate surface area is 130 Å².